The first-order valence-electron chi connectivity index (χ1n) is 7.62. The van der Waals surface area contributed by atoms with Crippen LogP contribution < -0.4 is 4.74 Å². The van der Waals surface area contributed by atoms with Crippen molar-refractivity contribution in [1.82, 2.24) is 14.4 Å². The summed E-state index contributed by atoms with van der Waals surface area (Å²) in [6, 6.07) is 3.60. The van der Waals surface area contributed by atoms with E-state index in [4.69, 9.17) is 9.26 Å². The van der Waals surface area contributed by atoms with Gasteiger partial charge in [-0.25, -0.2) is 8.42 Å². The van der Waals surface area contributed by atoms with Crippen molar-refractivity contribution < 1.29 is 17.7 Å². The summed E-state index contributed by atoms with van der Waals surface area (Å²) in [4.78, 5) is 3.99. The number of pyridine rings is 1. The van der Waals surface area contributed by atoms with Gasteiger partial charge >= 0.3 is 0 Å². The molecule has 0 spiro atoms. The normalized spacial score (nSPS) is 18.6. The summed E-state index contributed by atoms with van der Waals surface area (Å²) in [5.74, 6) is 1.40. The molecule has 2 aromatic rings. The molecular formula is C15H17N3O4S. The summed E-state index contributed by atoms with van der Waals surface area (Å²) in [5.41, 5.74) is 1.49. The average Bonchev–Trinajstić information content (AvgIpc) is 3.36. The van der Waals surface area contributed by atoms with E-state index >= 15 is 0 Å². The topological polar surface area (TPSA) is 85.5 Å². The Balaban J connectivity index is 1.50. The zero-order chi connectivity index (χ0) is 15.9. The molecule has 3 heterocycles. The minimum Gasteiger partial charge on any atom is -0.486 e. The van der Waals surface area contributed by atoms with Gasteiger partial charge in [0.1, 0.15) is 23.8 Å². The molecule has 4 rings (SSSR count). The highest BCUT2D eigenvalue weighted by Crippen LogP contribution is 2.34. The third-order valence-electron chi connectivity index (χ3n) is 4.19. The molecule has 1 fully saturated rings. The van der Waals surface area contributed by atoms with Gasteiger partial charge < -0.3 is 9.26 Å². The van der Waals surface area contributed by atoms with Crippen molar-refractivity contribution in [1.29, 1.82) is 0 Å². The van der Waals surface area contributed by atoms with Gasteiger partial charge in [-0.05, 0) is 25.0 Å². The molecule has 8 heteroatoms. The van der Waals surface area contributed by atoms with Gasteiger partial charge in [-0.3, -0.25) is 4.98 Å². The molecule has 1 aliphatic carbocycles. The third-order valence-corrected chi connectivity index (χ3v) is 6.53. The van der Waals surface area contributed by atoms with E-state index in [0.29, 0.717) is 31.0 Å². The number of sulfonamides is 1. The van der Waals surface area contributed by atoms with E-state index in [1.807, 2.05) is 6.07 Å². The molecule has 23 heavy (non-hydrogen) atoms. The summed E-state index contributed by atoms with van der Waals surface area (Å²) < 4.78 is 37.4. The van der Waals surface area contributed by atoms with E-state index in [1.165, 1.54) is 0 Å². The summed E-state index contributed by atoms with van der Waals surface area (Å²) in [7, 11) is -3.18. The van der Waals surface area contributed by atoms with Gasteiger partial charge in [-0.2, -0.15) is 4.31 Å². The summed E-state index contributed by atoms with van der Waals surface area (Å²) in [6.07, 6.45) is 5.39. The zero-order valence-corrected chi connectivity index (χ0v) is 13.3. The molecule has 2 aliphatic rings. The first kappa shape index (κ1) is 14.6. The van der Waals surface area contributed by atoms with Gasteiger partial charge in [0.15, 0.2) is 0 Å². The van der Waals surface area contributed by atoms with Gasteiger partial charge in [-0.15, -0.1) is 0 Å². The summed E-state index contributed by atoms with van der Waals surface area (Å²) in [5, 5.41) is 3.85. The highest BCUT2D eigenvalue weighted by Gasteiger charge is 2.42. The van der Waals surface area contributed by atoms with Crippen molar-refractivity contribution in [3.63, 3.8) is 0 Å². The smallest absolute Gasteiger partial charge is 0.217 e. The number of aromatic nitrogens is 2. The number of ether oxygens (including phenoxy) is 1. The molecule has 0 atom stereocenters. The van der Waals surface area contributed by atoms with Crippen LogP contribution in [0.5, 0.6) is 5.75 Å². The van der Waals surface area contributed by atoms with Crippen LogP contribution in [0.4, 0.5) is 0 Å². The molecular weight excluding hydrogens is 318 g/mol. The fourth-order valence-electron chi connectivity index (χ4n) is 2.73. The molecule has 0 unspecified atom stereocenters. The molecule has 0 N–H and O–H groups in total. The standard InChI is InChI=1S/C15H17N3O4S/c19-23(20,12-3-4-12)18-7-5-15-13(9-18)14(17-22-15)10-21-11-2-1-6-16-8-11/h1-2,6,8,12H,3-5,7,9-10H2. The van der Waals surface area contributed by atoms with Crippen LogP contribution in [-0.4, -0.2) is 34.7 Å². The maximum Gasteiger partial charge on any atom is 0.217 e. The van der Waals surface area contributed by atoms with E-state index in [9.17, 15) is 8.42 Å². The largest absolute Gasteiger partial charge is 0.486 e. The Hall–Kier alpha value is -1.93. The van der Waals surface area contributed by atoms with Gasteiger partial charge in [-0.1, -0.05) is 5.16 Å². The second-order valence-corrected chi connectivity index (χ2v) is 8.05. The van der Waals surface area contributed by atoms with E-state index in [1.54, 1.807) is 22.8 Å². The van der Waals surface area contributed by atoms with Gasteiger partial charge in [0.05, 0.1) is 11.4 Å². The Bertz CT molecular complexity index is 799. The lowest BCUT2D eigenvalue weighted by atomic mass is 10.1. The minimum atomic E-state index is -3.18. The van der Waals surface area contributed by atoms with Crippen LogP contribution in [0.25, 0.3) is 0 Å². The quantitative estimate of drug-likeness (QED) is 0.823. The molecule has 1 saturated carbocycles. The Morgan fingerprint density at radius 1 is 1.39 bits per heavy atom. The molecule has 7 nitrogen and oxygen atoms in total. The van der Waals surface area contributed by atoms with Gasteiger partial charge in [0.2, 0.25) is 10.0 Å². The zero-order valence-electron chi connectivity index (χ0n) is 12.5. The van der Waals surface area contributed by atoms with Crippen molar-refractivity contribution >= 4 is 10.0 Å². The minimum absolute atomic E-state index is 0.195. The van der Waals surface area contributed by atoms with Crippen molar-refractivity contribution in [3.05, 3.63) is 41.5 Å². The van der Waals surface area contributed by atoms with E-state index in [2.05, 4.69) is 10.1 Å². The fourth-order valence-corrected chi connectivity index (χ4v) is 4.54. The second kappa shape index (κ2) is 5.61. The van der Waals surface area contributed by atoms with Crippen LogP contribution >= 0.6 is 0 Å². The third kappa shape index (κ3) is 2.84. The number of hydrogen-bond acceptors (Lipinski definition) is 6. The first-order valence-corrected chi connectivity index (χ1v) is 9.13. The Labute approximate surface area is 134 Å². The number of nitrogens with zero attached hydrogens (tertiary/aromatic N) is 3. The van der Waals surface area contributed by atoms with Crippen LogP contribution in [0.2, 0.25) is 0 Å². The molecule has 122 valence electrons. The second-order valence-electron chi connectivity index (χ2n) is 5.84. The van der Waals surface area contributed by atoms with Gasteiger partial charge in [0.25, 0.3) is 0 Å². The molecule has 2 aromatic heterocycles. The molecule has 1 aliphatic heterocycles. The molecule has 0 saturated heterocycles. The van der Waals surface area contributed by atoms with Crippen LogP contribution in [0, 0.1) is 0 Å². The Kier molecular flexibility index (Phi) is 3.57. The lowest BCUT2D eigenvalue weighted by Gasteiger charge is -2.25. The first-order chi connectivity index (χ1) is 11.1. The highest BCUT2D eigenvalue weighted by atomic mass is 32.2. The molecule has 0 radical (unpaired) electrons. The molecule has 0 amide bonds. The lowest BCUT2D eigenvalue weighted by Crippen LogP contribution is -2.38. The van der Waals surface area contributed by atoms with Crippen molar-refractivity contribution in [2.45, 2.75) is 37.7 Å². The fraction of sp³-hybridized carbons (Fsp3) is 0.467. The van der Waals surface area contributed by atoms with Crippen molar-refractivity contribution in [2.24, 2.45) is 0 Å². The molecule has 0 aromatic carbocycles. The summed E-state index contributed by atoms with van der Waals surface area (Å²) >= 11 is 0. The van der Waals surface area contributed by atoms with Crippen LogP contribution in [0.15, 0.2) is 29.0 Å². The lowest BCUT2D eigenvalue weighted by molar-refractivity contribution is 0.286. The Morgan fingerprint density at radius 3 is 3.00 bits per heavy atom. The maximum atomic E-state index is 12.4. The predicted octanol–water partition coefficient (Wildman–Crippen LogP) is 1.50. The predicted molar refractivity (Wildman–Crippen MR) is 81.1 cm³/mol. The number of hydrogen-bond donors (Lipinski definition) is 0. The molecule has 0 bridgehead atoms. The van der Waals surface area contributed by atoms with Crippen molar-refractivity contribution in [3.8, 4) is 5.75 Å². The van der Waals surface area contributed by atoms with Gasteiger partial charge in [0, 0.05) is 31.3 Å². The Morgan fingerprint density at radius 2 is 2.26 bits per heavy atom. The van der Waals surface area contributed by atoms with E-state index in [-0.39, 0.29) is 11.9 Å². The maximum absolute atomic E-state index is 12.4. The van der Waals surface area contributed by atoms with Crippen molar-refractivity contribution in [2.75, 3.05) is 6.54 Å². The SMILES string of the molecule is O=S(=O)(C1CC1)N1CCc2onc(COc3cccnc3)c2C1. The number of fused-ring (bicyclic) bond motifs is 1. The monoisotopic (exact) mass is 335 g/mol. The average molecular weight is 335 g/mol. The van der Waals surface area contributed by atoms with E-state index in [0.717, 1.165) is 24.2 Å². The van der Waals surface area contributed by atoms with Crippen LogP contribution in [0.3, 0.4) is 0 Å². The van der Waals surface area contributed by atoms with Crippen LogP contribution in [0.1, 0.15) is 29.9 Å². The number of rotatable bonds is 5. The van der Waals surface area contributed by atoms with E-state index < -0.39 is 10.0 Å². The summed E-state index contributed by atoms with van der Waals surface area (Å²) in [6.45, 7) is 1.02. The highest BCUT2D eigenvalue weighted by molar-refractivity contribution is 7.90. The van der Waals surface area contributed by atoms with Crippen LogP contribution in [-0.2, 0) is 29.6 Å².